The normalized spacial score (nSPS) is 18.8. The summed E-state index contributed by atoms with van der Waals surface area (Å²) < 4.78 is 0. The average molecular weight is 341 g/mol. The summed E-state index contributed by atoms with van der Waals surface area (Å²) in [4.78, 5) is 19.3. The maximum Gasteiger partial charge on any atom is 0.241 e. The number of pyridine rings is 1. The van der Waals surface area contributed by atoms with Gasteiger partial charge < -0.3 is 10.4 Å². The van der Waals surface area contributed by atoms with E-state index in [0.29, 0.717) is 0 Å². The molecule has 0 aliphatic carbocycles. The topological polar surface area (TPSA) is 65.5 Å². The first-order valence-corrected chi connectivity index (χ1v) is 9.08. The summed E-state index contributed by atoms with van der Waals surface area (Å²) in [5.74, 6) is 0.00403. The minimum atomic E-state index is -0.194. The molecule has 5 nitrogen and oxygen atoms in total. The van der Waals surface area contributed by atoms with Crippen LogP contribution in [-0.4, -0.2) is 46.6 Å². The zero-order valence-electron chi connectivity index (χ0n) is 15.0. The second-order valence-corrected chi connectivity index (χ2v) is 7.09. The van der Waals surface area contributed by atoms with Gasteiger partial charge >= 0.3 is 0 Å². The van der Waals surface area contributed by atoms with Crippen LogP contribution in [0.3, 0.4) is 0 Å². The van der Waals surface area contributed by atoms with Crippen molar-refractivity contribution in [1.82, 2.24) is 9.88 Å². The zero-order chi connectivity index (χ0) is 17.9. The molecule has 134 valence electrons. The van der Waals surface area contributed by atoms with Crippen molar-refractivity contribution in [2.45, 2.75) is 39.2 Å². The molecule has 0 bridgehead atoms. The molecule has 0 spiro atoms. The molecule has 1 fully saturated rings. The lowest BCUT2D eigenvalue weighted by atomic mass is 9.76. The summed E-state index contributed by atoms with van der Waals surface area (Å²) >= 11 is 0. The number of fused-ring (bicyclic) bond motifs is 1. The Morgan fingerprint density at radius 3 is 2.76 bits per heavy atom. The lowest BCUT2D eigenvalue weighted by Crippen LogP contribution is -2.49. The quantitative estimate of drug-likeness (QED) is 0.877. The smallest absolute Gasteiger partial charge is 0.241 e. The number of nitrogens with one attached hydrogen (secondary N) is 1. The minimum absolute atomic E-state index is 0.00403. The van der Waals surface area contributed by atoms with E-state index >= 15 is 0 Å². The SMILES string of the molecule is CCC1(CO)CCN(C(C)C(=O)Nc2cccc3ncccc23)CC1. The van der Waals surface area contributed by atoms with Gasteiger partial charge in [0.1, 0.15) is 0 Å². The number of aliphatic hydroxyl groups excluding tert-OH is 1. The highest BCUT2D eigenvalue weighted by atomic mass is 16.3. The van der Waals surface area contributed by atoms with E-state index in [9.17, 15) is 9.90 Å². The van der Waals surface area contributed by atoms with E-state index in [-0.39, 0.29) is 24.0 Å². The molecule has 1 amide bonds. The van der Waals surface area contributed by atoms with Gasteiger partial charge in [-0.3, -0.25) is 14.7 Å². The number of aliphatic hydroxyl groups is 1. The number of benzene rings is 1. The molecule has 1 atom stereocenters. The molecule has 1 aliphatic heterocycles. The van der Waals surface area contributed by atoms with E-state index in [1.54, 1.807) is 6.20 Å². The molecule has 0 saturated carbocycles. The Balaban J connectivity index is 1.67. The Bertz CT molecular complexity index is 727. The molecule has 1 aromatic heterocycles. The molecule has 5 heteroatoms. The number of aromatic nitrogens is 1. The van der Waals surface area contributed by atoms with Crippen molar-refractivity contribution in [3.63, 3.8) is 0 Å². The van der Waals surface area contributed by atoms with Gasteiger partial charge in [-0.2, -0.15) is 0 Å². The first-order valence-electron chi connectivity index (χ1n) is 9.08. The van der Waals surface area contributed by atoms with E-state index in [1.165, 1.54) is 0 Å². The van der Waals surface area contributed by atoms with Crippen LogP contribution in [0.25, 0.3) is 10.9 Å². The number of nitrogens with zero attached hydrogens (tertiary/aromatic N) is 2. The van der Waals surface area contributed by atoms with Crippen LogP contribution in [0.1, 0.15) is 33.1 Å². The summed E-state index contributed by atoms with van der Waals surface area (Å²) in [6.07, 6.45) is 4.62. The number of rotatable bonds is 5. The third kappa shape index (κ3) is 3.67. The summed E-state index contributed by atoms with van der Waals surface area (Å²) in [7, 11) is 0. The van der Waals surface area contributed by atoms with Gasteiger partial charge in [-0.15, -0.1) is 0 Å². The van der Waals surface area contributed by atoms with Gasteiger partial charge in [-0.05, 0) is 69.0 Å². The van der Waals surface area contributed by atoms with Gasteiger partial charge in [0, 0.05) is 18.2 Å². The zero-order valence-corrected chi connectivity index (χ0v) is 15.0. The molecule has 2 aromatic rings. The van der Waals surface area contributed by atoms with Crippen molar-refractivity contribution < 1.29 is 9.90 Å². The molecule has 1 saturated heterocycles. The number of anilines is 1. The highest BCUT2D eigenvalue weighted by Gasteiger charge is 2.35. The maximum absolute atomic E-state index is 12.7. The fraction of sp³-hybridized carbons (Fsp3) is 0.500. The minimum Gasteiger partial charge on any atom is -0.396 e. The molecule has 3 rings (SSSR count). The van der Waals surface area contributed by atoms with E-state index in [1.807, 2.05) is 37.3 Å². The molecule has 0 radical (unpaired) electrons. The molecular weight excluding hydrogens is 314 g/mol. The van der Waals surface area contributed by atoms with Gasteiger partial charge in [-0.25, -0.2) is 0 Å². The second-order valence-electron chi connectivity index (χ2n) is 7.09. The average Bonchev–Trinajstić information content (AvgIpc) is 2.67. The summed E-state index contributed by atoms with van der Waals surface area (Å²) in [5.41, 5.74) is 1.72. The van der Waals surface area contributed by atoms with Gasteiger partial charge in [0.25, 0.3) is 0 Å². The van der Waals surface area contributed by atoms with Gasteiger partial charge in [0.2, 0.25) is 5.91 Å². The number of likely N-dealkylation sites (tertiary alicyclic amines) is 1. The highest BCUT2D eigenvalue weighted by molar-refractivity contribution is 6.02. The van der Waals surface area contributed by atoms with Crippen LogP contribution in [-0.2, 0) is 4.79 Å². The third-order valence-corrected chi connectivity index (χ3v) is 5.77. The number of carbonyl (C=O) groups is 1. The van der Waals surface area contributed by atoms with Crippen LogP contribution < -0.4 is 5.32 Å². The Hall–Kier alpha value is -1.98. The van der Waals surface area contributed by atoms with Crippen molar-refractivity contribution >= 4 is 22.5 Å². The van der Waals surface area contributed by atoms with Crippen molar-refractivity contribution in [2.24, 2.45) is 5.41 Å². The van der Waals surface area contributed by atoms with Crippen LogP contribution in [0, 0.1) is 5.41 Å². The number of piperidine rings is 1. The van der Waals surface area contributed by atoms with Crippen LogP contribution in [0.4, 0.5) is 5.69 Å². The number of amides is 1. The molecule has 25 heavy (non-hydrogen) atoms. The lowest BCUT2D eigenvalue weighted by Gasteiger charge is -2.42. The molecule has 1 aromatic carbocycles. The summed E-state index contributed by atoms with van der Waals surface area (Å²) in [6, 6.07) is 9.43. The molecular formula is C20H27N3O2. The second kappa shape index (κ2) is 7.50. The predicted molar refractivity (Wildman–Crippen MR) is 100 cm³/mol. The summed E-state index contributed by atoms with van der Waals surface area (Å²) in [5, 5.41) is 13.7. The Kier molecular flexibility index (Phi) is 5.35. The van der Waals surface area contributed by atoms with Crippen LogP contribution >= 0.6 is 0 Å². The van der Waals surface area contributed by atoms with Crippen LogP contribution in [0.2, 0.25) is 0 Å². The Morgan fingerprint density at radius 2 is 2.08 bits per heavy atom. The number of hydrogen-bond acceptors (Lipinski definition) is 4. The van der Waals surface area contributed by atoms with Crippen molar-refractivity contribution in [3.05, 3.63) is 36.5 Å². The standard InChI is InChI=1S/C20H27N3O2/c1-3-20(14-24)9-12-23(13-10-20)15(2)19(25)22-18-8-4-7-17-16(18)6-5-11-21-17/h4-8,11,15,24H,3,9-10,12-14H2,1-2H3,(H,22,25). The highest BCUT2D eigenvalue weighted by Crippen LogP contribution is 2.35. The fourth-order valence-corrected chi connectivity index (χ4v) is 3.62. The maximum atomic E-state index is 12.7. The van der Waals surface area contributed by atoms with E-state index in [0.717, 1.165) is 48.9 Å². The van der Waals surface area contributed by atoms with Crippen molar-refractivity contribution in [3.8, 4) is 0 Å². The van der Waals surface area contributed by atoms with Crippen LogP contribution in [0.15, 0.2) is 36.5 Å². The first-order chi connectivity index (χ1) is 12.1. The van der Waals surface area contributed by atoms with E-state index in [2.05, 4.69) is 22.1 Å². The monoisotopic (exact) mass is 341 g/mol. The van der Waals surface area contributed by atoms with Crippen LogP contribution in [0.5, 0.6) is 0 Å². The first kappa shape index (κ1) is 17.8. The van der Waals surface area contributed by atoms with Crippen molar-refractivity contribution in [1.29, 1.82) is 0 Å². The number of carbonyl (C=O) groups excluding carboxylic acids is 1. The van der Waals surface area contributed by atoms with Gasteiger partial charge in [0.15, 0.2) is 0 Å². The summed E-state index contributed by atoms with van der Waals surface area (Å²) in [6.45, 7) is 6.02. The van der Waals surface area contributed by atoms with E-state index < -0.39 is 0 Å². The Morgan fingerprint density at radius 1 is 1.32 bits per heavy atom. The molecule has 1 unspecified atom stereocenters. The molecule has 2 heterocycles. The number of hydrogen-bond donors (Lipinski definition) is 2. The largest absolute Gasteiger partial charge is 0.396 e. The lowest BCUT2D eigenvalue weighted by molar-refractivity contribution is -0.121. The van der Waals surface area contributed by atoms with E-state index in [4.69, 9.17) is 0 Å². The van der Waals surface area contributed by atoms with Gasteiger partial charge in [-0.1, -0.05) is 13.0 Å². The third-order valence-electron chi connectivity index (χ3n) is 5.77. The molecule has 2 N–H and O–H groups in total. The molecule has 1 aliphatic rings. The van der Waals surface area contributed by atoms with Crippen molar-refractivity contribution in [2.75, 3.05) is 25.0 Å². The fourth-order valence-electron chi connectivity index (χ4n) is 3.62. The van der Waals surface area contributed by atoms with Gasteiger partial charge in [0.05, 0.1) is 17.2 Å². The predicted octanol–water partition coefficient (Wildman–Crippen LogP) is 3.05. The Labute approximate surface area is 149 Å².